The van der Waals surface area contributed by atoms with Gasteiger partial charge in [-0.2, -0.15) is 0 Å². The number of hydrogen-bond donors (Lipinski definition) is 0. The Morgan fingerprint density at radius 1 is 0.600 bits per heavy atom. The zero-order chi connectivity index (χ0) is 17.6. The van der Waals surface area contributed by atoms with E-state index in [1.54, 1.807) is 0 Å². The first-order chi connectivity index (χ1) is 12.1. The van der Waals surface area contributed by atoms with E-state index in [1.165, 1.54) is 44.5 Å². The van der Waals surface area contributed by atoms with E-state index in [2.05, 4.69) is 88.4 Å². The lowest BCUT2D eigenvalue weighted by Crippen LogP contribution is -2.02. The van der Waals surface area contributed by atoms with Gasteiger partial charge in [0, 0.05) is 0 Å². The Morgan fingerprint density at radius 3 is 1.92 bits per heavy atom. The van der Waals surface area contributed by atoms with Crippen LogP contribution in [0.3, 0.4) is 0 Å². The standard InChI is InChI=1S/C25H26/c1-16(2)19-11-7-14-23(25(19)17(3)4)22-13-8-12-21-20-10-6-5-9-18(20)15-24(21)22/h5-14,16-17H,15H2,1-4H3. The molecule has 0 heterocycles. The maximum Gasteiger partial charge on any atom is -0.000728 e. The lowest BCUT2D eigenvalue weighted by Gasteiger charge is -2.22. The van der Waals surface area contributed by atoms with Crippen LogP contribution in [-0.4, -0.2) is 0 Å². The monoisotopic (exact) mass is 326 g/mol. The van der Waals surface area contributed by atoms with E-state index < -0.39 is 0 Å². The van der Waals surface area contributed by atoms with Crippen molar-refractivity contribution in [3.8, 4) is 22.3 Å². The summed E-state index contributed by atoms with van der Waals surface area (Å²) in [7, 11) is 0. The zero-order valence-corrected chi connectivity index (χ0v) is 15.6. The van der Waals surface area contributed by atoms with E-state index in [4.69, 9.17) is 0 Å². The molecule has 0 aliphatic heterocycles. The lowest BCUT2D eigenvalue weighted by atomic mass is 9.83. The van der Waals surface area contributed by atoms with Gasteiger partial charge in [0.25, 0.3) is 0 Å². The minimum absolute atomic E-state index is 0.522. The largest absolute Gasteiger partial charge is 0.0619 e. The predicted octanol–water partition coefficient (Wildman–Crippen LogP) is 7.17. The van der Waals surface area contributed by atoms with Crippen molar-refractivity contribution in [2.24, 2.45) is 0 Å². The van der Waals surface area contributed by atoms with Crippen molar-refractivity contribution in [2.45, 2.75) is 46.0 Å². The summed E-state index contributed by atoms with van der Waals surface area (Å²) < 4.78 is 0. The summed E-state index contributed by atoms with van der Waals surface area (Å²) in [5.74, 6) is 1.07. The fraction of sp³-hybridized carbons (Fsp3) is 0.280. The maximum absolute atomic E-state index is 2.32. The summed E-state index contributed by atoms with van der Waals surface area (Å²) in [5.41, 5.74) is 11.6. The van der Waals surface area contributed by atoms with Crippen LogP contribution in [0, 0.1) is 0 Å². The van der Waals surface area contributed by atoms with Gasteiger partial charge < -0.3 is 0 Å². The highest BCUT2D eigenvalue weighted by Crippen LogP contribution is 2.44. The molecule has 0 spiro atoms. The van der Waals surface area contributed by atoms with Crippen LogP contribution in [0.4, 0.5) is 0 Å². The molecule has 0 fully saturated rings. The van der Waals surface area contributed by atoms with Crippen molar-refractivity contribution in [1.29, 1.82) is 0 Å². The van der Waals surface area contributed by atoms with Crippen LogP contribution in [0.1, 0.15) is 61.8 Å². The average molecular weight is 326 g/mol. The smallest absolute Gasteiger partial charge is 0.000728 e. The second kappa shape index (κ2) is 6.19. The van der Waals surface area contributed by atoms with Gasteiger partial charge in [-0.25, -0.2) is 0 Å². The molecule has 0 saturated heterocycles. The molecule has 1 aliphatic rings. The molecule has 0 saturated carbocycles. The van der Waals surface area contributed by atoms with Crippen molar-refractivity contribution in [3.63, 3.8) is 0 Å². The molecule has 4 rings (SSSR count). The van der Waals surface area contributed by atoms with Gasteiger partial charge in [-0.3, -0.25) is 0 Å². The van der Waals surface area contributed by atoms with Crippen LogP contribution >= 0.6 is 0 Å². The Morgan fingerprint density at radius 2 is 1.20 bits per heavy atom. The Labute approximate surface area is 151 Å². The normalized spacial score (nSPS) is 12.6. The Hall–Kier alpha value is -2.34. The van der Waals surface area contributed by atoms with Gasteiger partial charge >= 0.3 is 0 Å². The van der Waals surface area contributed by atoms with E-state index >= 15 is 0 Å². The first-order valence-corrected chi connectivity index (χ1v) is 9.41. The van der Waals surface area contributed by atoms with Gasteiger partial charge in [0.15, 0.2) is 0 Å². The summed E-state index contributed by atoms with van der Waals surface area (Å²) in [6.07, 6.45) is 1.05. The third-order valence-corrected chi connectivity index (χ3v) is 5.48. The van der Waals surface area contributed by atoms with E-state index in [0.717, 1.165) is 6.42 Å². The number of hydrogen-bond acceptors (Lipinski definition) is 0. The number of rotatable bonds is 3. The van der Waals surface area contributed by atoms with Crippen molar-refractivity contribution in [2.75, 3.05) is 0 Å². The highest BCUT2D eigenvalue weighted by Gasteiger charge is 2.23. The van der Waals surface area contributed by atoms with E-state index in [-0.39, 0.29) is 0 Å². The Bertz CT molecular complexity index is 929. The van der Waals surface area contributed by atoms with Gasteiger partial charge in [-0.15, -0.1) is 0 Å². The fourth-order valence-electron chi connectivity index (χ4n) is 4.38. The van der Waals surface area contributed by atoms with Crippen LogP contribution in [0.25, 0.3) is 22.3 Å². The lowest BCUT2D eigenvalue weighted by molar-refractivity contribution is 0.792. The van der Waals surface area contributed by atoms with Crippen molar-refractivity contribution in [1.82, 2.24) is 0 Å². The van der Waals surface area contributed by atoms with E-state index in [9.17, 15) is 0 Å². The van der Waals surface area contributed by atoms with E-state index in [0.29, 0.717) is 11.8 Å². The van der Waals surface area contributed by atoms with Gasteiger partial charge in [-0.05, 0) is 62.8 Å². The molecule has 0 unspecified atom stereocenters. The SMILES string of the molecule is CC(C)c1cccc(-c2cccc3c2Cc2ccccc2-3)c1C(C)C. The van der Waals surface area contributed by atoms with Gasteiger partial charge in [-0.1, -0.05) is 88.4 Å². The van der Waals surface area contributed by atoms with Crippen LogP contribution < -0.4 is 0 Å². The van der Waals surface area contributed by atoms with Crippen LogP contribution in [0.5, 0.6) is 0 Å². The van der Waals surface area contributed by atoms with E-state index in [1.807, 2.05) is 0 Å². The van der Waals surface area contributed by atoms with Crippen molar-refractivity contribution in [3.05, 3.63) is 82.9 Å². The molecule has 0 atom stereocenters. The molecule has 3 aromatic rings. The summed E-state index contributed by atoms with van der Waals surface area (Å²) >= 11 is 0. The minimum atomic E-state index is 0.522. The first-order valence-electron chi connectivity index (χ1n) is 9.41. The second-order valence-corrected chi connectivity index (χ2v) is 7.78. The highest BCUT2D eigenvalue weighted by molar-refractivity contribution is 5.86. The Kier molecular flexibility index (Phi) is 4.00. The molecule has 0 N–H and O–H groups in total. The summed E-state index contributed by atoms with van der Waals surface area (Å²) in [6, 6.07) is 22.5. The van der Waals surface area contributed by atoms with Crippen LogP contribution in [0.2, 0.25) is 0 Å². The molecular formula is C25H26. The number of fused-ring (bicyclic) bond motifs is 3. The quantitative estimate of drug-likeness (QED) is 0.374. The van der Waals surface area contributed by atoms with Crippen molar-refractivity contribution < 1.29 is 0 Å². The third kappa shape index (κ3) is 2.61. The molecule has 0 radical (unpaired) electrons. The number of benzene rings is 3. The molecule has 25 heavy (non-hydrogen) atoms. The maximum atomic E-state index is 2.32. The predicted molar refractivity (Wildman–Crippen MR) is 108 cm³/mol. The topological polar surface area (TPSA) is 0 Å². The van der Waals surface area contributed by atoms with Gasteiger partial charge in [0.05, 0.1) is 0 Å². The molecule has 126 valence electrons. The molecule has 0 nitrogen and oxygen atoms in total. The molecule has 0 bridgehead atoms. The summed E-state index contributed by atoms with van der Waals surface area (Å²) in [4.78, 5) is 0. The molecular weight excluding hydrogens is 300 g/mol. The minimum Gasteiger partial charge on any atom is -0.0619 e. The molecule has 3 aromatic carbocycles. The molecule has 0 aromatic heterocycles. The van der Waals surface area contributed by atoms with Gasteiger partial charge in [0.1, 0.15) is 0 Å². The van der Waals surface area contributed by atoms with Gasteiger partial charge in [0.2, 0.25) is 0 Å². The third-order valence-electron chi connectivity index (χ3n) is 5.48. The zero-order valence-electron chi connectivity index (χ0n) is 15.6. The van der Waals surface area contributed by atoms with Crippen LogP contribution in [-0.2, 0) is 6.42 Å². The molecule has 0 amide bonds. The summed E-state index contributed by atoms with van der Waals surface area (Å²) in [5, 5.41) is 0. The summed E-state index contributed by atoms with van der Waals surface area (Å²) in [6.45, 7) is 9.25. The molecule has 1 aliphatic carbocycles. The Balaban J connectivity index is 1.96. The first kappa shape index (κ1) is 16.1. The fourth-order valence-corrected chi connectivity index (χ4v) is 4.38. The van der Waals surface area contributed by atoms with Crippen LogP contribution in [0.15, 0.2) is 60.7 Å². The molecule has 0 heteroatoms. The average Bonchev–Trinajstić information content (AvgIpc) is 2.99. The van der Waals surface area contributed by atoms with Crippen molar-refractivity contribution >= 4 is 0 Å². The second-order valence-electron chi connectivity index (χ2n) is 7.78. The highest BCUT2D eigenvalue weighted by atomic mass is 14.3.